The van der Waals surface area contributed by atoms with Crippen molar-refractivity contribution in [3.05, 3.63) is 12.4 Å². The van der Waals surface area contributed by atoms with Crippen LogP contribution in [-0.4, -0.2) is 35.1 Å². The number of carbonyl (C=O) groups excluding carboxylic acids is 1. The molecule has 1 aromatic heterocycles. The highest BCUT2D eigenvalue weighted by Gasteiger charge is 2.30. The highest BCUT2D eigenvalue weighted by molar-refractivity contribution is 5.79. The summed E-state index contributed by atoms with van der Waals surface area (Å²) < 4.78 is 11.0. The Morgan fingerprint density at radius 1 is 1.04 bits per heavy atom. The van der Waals surface area contributed by atoms with Crippen LogP contribution in [0.25, 0.3) is 0 Å². The van der Waals surface area contributed by atoms with Crippen LogP contribution in [0, 0.1) is 17.8 Å². The second-order valence-corrected chi connectivity index (χ2v) is 8.36. The van der Waals surface area contributed by atoms with Crippen molar-refractivity contribution in [3.8, 4) is 11.8 Å². The smallest absolute Gasteiger partial charge is 0.235 e. The van der Waals surface area contributed by atoms with Gasteiger partial charge in [0.05, 0.1) is 19.5 Å². The van der Waals surface area contributed by atoms with Crippen molar-refractivity contribution in [2.24, 2.45) is 17.8 Å². The minimum atomic E-state index is 0.126. The number of amides is 1. The maximum absolute atomic E-state index is 12.6. The first kappa shape index (κ1) is 19.9. The Morgan fingerprint density at radius 3 is 2.33 bits per heavy atom. The zero-order chi connectivity index (χ0) is 19.2. The van der Waals surface area contributed by atoms with E-state index in [1.165, 1.54) is 12.8 Å². The van der Waals surface area contributed by atoms with Gasteiger partial charge in [0.15, 0.2) is 0 Å². The molecule has 27 heavy (non-hydrogen) atoms. The van der Waals surface area contributed by atoms with Crippen molar-refractivity contribution in [1.82, 2.24) is 15.3 Å². The minimum Gasteiger partial charge on any atom is -0.480 e. The third kappa shape index (κ3) is 5.56. The average Bonchev–Trinajstić information content (AvgIpc) is 2.69. The highest BCUT2D eigenvalue weighted by atomic mass is 16.5. The van der Waals surface area contributed by atoms with Gasteiger partial charge in [-0.2, -0.15) is 4.98 Å². The third-order valence-corrected chi connectivity index (χ3v) is 6.19. The maximum Gasteiger partial charge on any atom is 0.235 e. The van der Waals surface area contributed by atoms with Crippen LogP contribution in [0.5, 0.6) is 11.8 Å². The largest absolute Gasteiger partial charge is 0.480 e. The van der Waals surface area contributed by atoms with Crippen LogP contribution in [0.1, 0.15) is 65.2 Å². The lowest BCUT2D eigenvalue weighted by atomic mass is 9.76. The number of aromatic nitrogens is 2. The van der Waals surface area contributed by atoms with Gasteiger partial charge in [0, 0.05) is 12.0 Å². The van der Waals surface area contributed by atoms with E-state index in [1.807, 2.05) is 0 Å². The van der Waals surface area contributed by atoms with E-state index >= 15 is 0 Å². The molecule has 1 N–H and O–H groups in total. The molecule has 2 aliphatic rings. The number of hydrogen-bond acceptors (Lipinski definition) is 5. The predicted molar refractivity (Wildman–Crippen MR) is 104 cm³/mol. The Morgan fingerprint density at radius 2 is 1.70 bits per heavy atom. The summed E-state index contributed by atoms with van der Waals surface area (Å²) in [7, 11) is 1.57. The number of carbonyl (C=O) groups is 1. The fraction of sp³-hybridized carbons (Fsp3) is 0.762. The van der Waals surface area contributed by atoms with Crippen LogP contribution in [0.15, 0.2) is 12.4 Å². The summed E-state index contributed by atoms with van der Waals surface area (Å²) in [5, 5.41) is 3.29. The normalized spacial score (nSPS) is 28.6. The lowest BCUT2D eigenvalue weighted by molar-refractivity contribution is -0.127. The Labute approximate surface area is 162 Å². The number of nitrogens with zero attached hydrogens (tertiary/aromatic N) is 2. The van der Waals surface area contributed by atoms with Crippen molar-refractivity contribution in [3.63, 3.8) is 0 Å². The van der Waals surface area contributed by atoms with E-state index in [4.69, 9.17) is 9.47 Å². The summed E-state index contributed by atoms with van der Waals surface area (Å²) in [5.41, 5.74) is 0. The molecule has 150 valence electrons. The molecule has 0 atom stereocenters. The zero-order valence-electron chi connectivity index (χ0n) is 16.8. The van der Waals surface area contributed by atoms with E-state index in [9.17, 15) is 4.79 Å². The van der Waals surface area contributed by atoms with Crippen LogP contribution in [0.2, 0.25) is 0 Å². The van der Waals surface area contributed by atoms with Crippen molar-refractivity contribution in [2.45, 2.75) is 77.4 Å². The summed E-state index contributed by atoms with van der Waals surface area (Å²) in [5.74, 6) is 2.96. The van der Waals surface area contributed by atoms with Crippen LogP contribution >= 0.6 is 0 Å². The van der Waals surface area contributed by atoms with E-state index in [0.717, 1.165) is 50.4 Å². The van der Waals surface area contributed by atoms with Crippen LogP contribution in [0.4, 0.5) is 0 Å². The monoisotopic (exact) mass is 375 g/mol. The molecule has 1 heterocycles. The Kier molecular flexibility index (Phi) is 6.91. The number of ether oxygens (including phenoxy) is 2. The van der Waals surface area contributed by atoms with E-state index < -0.39 is 0 Å². The van der Waals surface area contributed by atoms with Gasteiger partial charge in [-0.05, 0) is 63.2 Å². The molecule has 2 fully saturated rings. The molecular formula is C21H33N3O3. The number of hydrogen-bond donors (Lipinski definition) is 1. The first-order valence-electron chi connectivity index (χ1n) is 10.4. The molecule has 0 aliphatic heterocycles. The maximum atomic E-state index is 12.6. The molecule has 0 radical (unpaired) electrons. The van der Waals surface area contributed by atoms with Gasteiger partial charge in [-0.25, -0.2) is 0 Å². The lowest BCUT2D eigenvalue weighted by Gasteiger charge is -2.33. The molecule has 0 spiro atoms. The molecule has 1 aromatic rings. The van der Waals surface area contributed by atoms with E-state index in [0.29, 0.717) is 11.8 Å². The summed E-state index contributed by atoms with van der Waals surface area (Å²) in [6.45, 7) is 4.59. The molecule has 0 unspecified atom stereocenters. The van der Waals surface area contributed by atoms with Crippen molar-refractivity contribution in [1.29, 1.82) is 0 Å². The Bertz CT molecular complexity index is 606. The van der Waals surface area contributed by atoms with E-state index in [-0.39, 0.29) is 24.0 Å². The number of methoxy groups -OCH3 is 1. The first-order valence-corrected chi connectivity index (χ1v) is 10.4. The average molecular weight is 376 g/mol. The van der Waals surface area contributed by atoms with Crippen molar-refractivity contribution in [2.75, 3.05) is 7.11 Å². The topological polar surface area (TPSA) is 73.3 Å². The number of nitrogens with one attached hydrogen (secondary N) is 1. The van der Waals surface area contributed by atoms with Gasteiger partial charge in [0.1, 0.15) is 6.10 Å². The van der Waals surface area contributed by atoms with Crippen LogP contribution < -0.4 is 14.8 Å². The number of rotatable bonds is 6. The van der Waals surface area contributed by atoms with Gasteiger partial charge in [-0.15, -0.1) is 0 Å². The van der Waals surface area contributed by atoms with Gasteiger partial charge >= 0.3 is 0 Å². The van der Waals surface area contributed by atoms with Gasteiger partial charge < -0.3 is 14.8 Å². The molecule has 2 aliphatic carbocycles. The molecule has 6 heteroatoms. The van der Waals surface area contributed by atoms with Crippen molar-refractivity contribution < 1.29 is 14.3 Å². The second-order valence-electron chi connectivity index (χ2n) is 8.36. The second kappa shape index (κ2) is 9.38. The van der Waals surface area contributed by atoms with Crippen LogP contribution in [0.3, 0.4) is 0 Å². The first-order chi connectivity index (χ1) is 13.0. The predicted octanol–water partition coefficient (Wildman–Crippen LogP) is 3.75. The van der Waals surface area contributed by atoms with Gasteiger partial charge in [-0.1, -0.05) is 13.8 Å². The molecular weight excluding hydrogens is 342 g/mol. The quantitative estimate of drug-likeness (QED) is 0.820. The molecule has 0 saturated heterocycles. The highest BCUT2D eigenvalue weighted by Crippen LogP contribution is 2.33. The van der Waals surface area contributed by atoms with Gasteiger partial charge in [0.2, 0.25) is 17.7 Å². The van der Waals surface area contributed by atoms with Gasteiger partial charge in [-0.3, -0.25) is 9.78 Å². The standard InChI is InChI=1S/C21H33N3O3/c1-14(2)15-4-6-16(7-5-15)21(25)23-17-8-10-18(11-9-17)27-20-13-22-12-19(24-20)26-3/h12-18H,4-11H2,1-3H3,(H,23,25). The summed E-state index contributed by atoms with van der Waals surface area (Å²) >= 11 is 0. The molecule has 0 aromatic carbocycles. The molecule has 0 bridgehead atoms. The summed E-state index contributed by atoms with van der Waals surface area (Å²) in [6.07, 6.45) is 11.5. The molecule has 1 amide bonds. The SMILES string of the molecule is COc1cncc(OC2CCC(NC(=O)C3CCC(C(C)C)CC3)CC2)n1. The zero-order valence-corrected chi connectivity index (χ0v) is 16.8. The summed E-state index contributed by atoms with van der Waals surface area (Å²) in [6, 6.07) is 0.275. The van der Waals surface area contributed by atoms with E-state index in [1.54, 1.807) is 19.5 Å². The molecule has 6 nitrogen and oxygen atoms in total. The summed E-state index contributed by atoms with van der Waals surface area (Å²) in [4.78, 5) is 20.9. The lowest BCUT2D eigenvalue weighted by Crippen LogP contribution is -2.43. The van der Waals surface area contributed by atoms with E-state index in [2.05, 4.69) is 29.1 Å². The molecule has 3 rings (SSSR count). The Hall–Kier alpha value is -1.85. The minimum absolute atomic E-state index is 0.126. The van der Waals surface area contributed by atoms with Crippen molar-refractivity contribution >= 4 is 5.91 Å². The Balaban J connectivity index is 1.39. The van der Waals surface area contributed by atoms with Gasteiger partial charge in [0.25, 0.3) is 0 Å². The molecule has 2 saturated carbocycles. The van der Waals surface area contributed by atoms with Crippen LogP contribution in [-0.2, 0) is 4.79 Å². The fourth-order valence-electron chi connectivity index (χ4n) is 4.35. The third-order valence-electron chi connectivity index (χ3n) is 6.19. The fourth-order valence-corrected chi connectivity index (χ4v) is 4.35.